The Morgan fingerprint density at radius 3 is 2.46 bits per heavy atom. The fraction of sp³-hybridized carbons (Fsp3) is 0.143. The van der Waals surface area contributed by atoms with Gasteiger partial charge in [-0.3, -0.25) is 0 Å². The van der Waals surface area contributed by atoms with Gasteiger partial charge in [-0.25, -0.2) is 4.39 Å². The molecule has 0 aliphatic heterocycles. The Morgan fingerprint density at radius 2 is 1.75 bits per heavy atom. The number of nitrogens with one attached hydrogen (secondary N) is 1. The molecular weight excluding hydrogens is 424 g/mol. The van der Waals surface area contributed by atoms with Crippen molar-refractivity contribution in [2.75, 3.05) is 12.4 Å². The van der Waals surface area contributed by atoms with Gasteiger partial charge in [0.1, 0.15) is 12.4 Å². The van der Waals surface area contributed by atoms with Gasteiger partial charge < -0.3 is 14.8 Å². The molecule has 1 N–H and O–H groups in total. The smallest absolute Gasteiger partial charge is 0.180 e. The summed E-state index contributed by atoms with van der Waals surface area (Å²) in [7, 11) is 1.54. The number of hydrogen-bond acceptors (Lipinski definition) is 3. The first-order valence-corrected chi connectivity index (χ1v) is 9.52. The molecule has 3 rings (SSSR count). The van der Waals surface area contributed by atoms with Crippen LogP contribution >= 0.6 is 34.8 Å². The summed E-state index contributed by atoms with van der Waals surface area (Å²) < 4.78 is 24.5. The zero-order chi connectivity index (χ0) is 20.1. The Balaban J connectivity index is 1.73. The normalized spacial score (nSPS) is 10.6. The minimum Gasteiger partial charge on any atom is -0.493 e. The first kappa shape index (κ1) is 20.6. The van der Waals surface area contributed by atoms with E-state index in [4.69, 9.17) is 44.3 Å². The third kappa shape index (κ3) is 5.22. The number of benzene rings is 3. The van der Waals surface area contributed by atoms with Crippen LogP contribution in [0, 0.1) is 5.82 Å². The lowest BCUT2D eigenvalue weighted by molar-refractivity contribution is 0.284. The van der Waals surface area contributed by atoms with Crippen molar-refractivity contribution < 1.29 is 13.9 Å². The summed E-state index contributed by atoms with van der Waals surface area (Å²) in [5.74, 6) is 0.575. The average Bonchev–Trinajstić information content (AvgIpc) is 2.66. The summed E-state index contributed by atoms with van der Waals surface area (Å²) in [5.41, 5.74) is 2.33. The molecule has 0 bridgehead atoms. The van der Waals surface area contributed by atoms with Crippen molar-refractivity contribution in [2.45, 2.75) is 13.2 Å². The molecule has 0 aliphatic carbocycles. The SMILES string of the molecule is COc1cc(CNc2ccc(Cl)cc2Cl)cc(Cl)c1OCc1cccc(F)c1. The Labute approximate surface area is 177 Å². The van der Waals surface area contributed by atoms with Crippen LogP contribution in [-0.4, -0.2) is 7.11 Å². The van der Waals surface area contributed by atoms with Crippen LogP contribution in [0.2, 0.25) is 15.1 Å². The highest BCUT2D eigenvalue weighted by Gasteiger charge is 2.13. The average molecular weight is 441 g/mol. The molecule has 7 heteroatoms. The molecule has 0 spiro atoms. The molecular formula is C21H17Cl3FNO2. The van der Waals surface area contributed by atoms with Gasteiger partial charge >= 0.3 is 0 Å². The molecule has 3 nitrogen and oxygen atoms in total. The predicted molar refractivity (Wildman–Crippen MR) is 113 cm³/mol. The maximum Gasteiger partial charge on any atom is 0.180 e. The zero-order valence-electron chi connectivity index (χ0n) is 14.9. The first-order valence-electron chi connectivity index (χ1n) is 8.39. The fourth-order valence-electron chi connectivity index (χ4n) is 2.63. The van der Waals surface area contributed by atoms with Gasteiger partial charge in [-0.15, -0.1) is 0 Å². The number of ether oxygens (including phenoxy) is 2. The van der Waals surface area contributed by atoms with Crippen molar-refractivity contribution in [3.05, 3.63) is 86.6 Å². The third-order valence-corrected chi connectivity index (χ3v) is 4.80. The minimum atomic E-state index is -0.318. The van der Waals surface area contributed by atoms with Crippen LogP contribution in [0.3, 0.4) is 0 Å². The first-order chi connectivity index (χ1) is 13.5. The van der Waals surface area contributed by atoms with E-state index in [0.29, 0.717) is 38.7 Å². The molecule has 0 fully saturated rings. The van der Waals surface area contributed by atoms with Crippen molar-refractivity contribution in [1.29, 1.82) is 0 Å². The van der Waals surface area contributed by atoms with Crippen molar-refractivity contribution >= 4 is 40.5 Å². The van der Waals surface area contributed by atoms with E-state index in [1.54, 1.807) is 36.4 Å². The van der Waals surface area contributed by atoms with E-state index in [2.05, 4.69) is 5.32 Å². The molecule has 0 aromatic heterocycles. The lowest BCUT2D eigenvalue weighted by Crippen LogP contribution is -2.03. The Morgan fingerprint density at radius 1 is 0.929 bits per heavy atom. The molecule has 0 amide bonds. The van der Waals surface area contributed by atoms with Gasteiger partial charge in [0.2, 0.25) is 0 Å². The fourth-order valence-corrected chi connectivity index (χ4v) is 3.39. The summed E-state index contributed by atoms with van der Waals surface area (Å²) in [4.78, 5) is 0. The van der Waals surface area contributed by atoms with Crippen LogP contribution in [0.4, 0.5) is 10.1 Å². The second-order valence-electron chi connectivity index (χ2n) is 6.01. The molecule has 3 aromatic rings. The summed E-state index contributed by atoms with van der Waals surface area (Å²) in [6, 6.07) is 15.0. The largest absolute Gasteiger partial charge is 0.493 e. The molecule has 28 heavy (non-hydrogen) atoms. The molecule has 3 aromatic carbocycles. The van der Waals surface area contributed by atoms with E-state index in [1.807, 2.05) is 6.07 Å². The topological polar surface area (TPSA) is 30.5 Å². The maximum atomic E-state index is 13.3. The third-order valence-electron chi connectivity index (χ3n) is 3.98. The highest BCUT2D eigenvalue weighted by molar-refractivity contribution is 6.36. The number of methoxy groups -OCH3 is 1. The van der Waals surface area contributed by atoms with E-state index in [1.165, 1.54) is 19.2 Å². The van der Waals surface area contributed by atoms with Gasteiger partial charge in [-0.1, -0.05) is 46.9 Å². The van der Waals surface area contributed by atoms with E-state index >= 15 is 0 Å². The molecule has 0 saturated heterocycles. The highest BCUT2D eigenvalue weighted by Crippen LogP contribution is 2.37. The summed E-state index contributed by atoms with van der Waals surface area (Å²) in [6.45, 7) is 0.646. The lowest BCUT2D eigenvalue weighted by atomic mass is 10.2. The Bertz CT molecular complexity index is 982. The van der Waals surface area contributed by atoms with Gasteiger partial charge in [0.05, 0.1) is 22.8 Å². The summed E-state index contributed by atoms with van der Waals surface area (Å²) in [6.07, 6.45) is 0. The second kappa shape index (κ2) is 9.37. The molecule has 0 unspecified atom stereocenters. The predicted octanol–water partition coefficient (Wildman–Crippen LogP) is 6.99. The quantitative estimate of drug-likeness (QED) is 0.429. The van der Waals surface area contributed by atoms with Crippen LogP contribution in [0.15, 0.2) is 54.6 Å². The van der Waals surface area contributed by atoms with Crippen molar-refractivity contribution in [2.24, 2.45) is 0 Å². The lowest BCUT2D eigenvalue weighted by Gasteiger charge is -2.15. The summed E-state index contributed by atoms with van der Waals surface area (Å²) >= 11 is 18.5. The monoisotopic (exact) mass is 439 g/mol. The number of hydrogen-bond donors (Lipinski definition) is 1. The second-order valence-corrected chi connectivity index (χ2v) is 7.26. The van der Waals surface area contributed by atoms with E-state index < -0.39 is 0 Å². The molecule has 0 saturated carbocycles. The molecule has 0 radical (unpaired) electrons. The van der Waals surface area contributed by atoms with Gasteiger partial charge in [0.25, 0.3) is 0 Å². The van der Waals surface area contributed by atoms with E-state index in [-0.39, 0.29) is 12.4 Å². The van der Waals surface area contributed by atoms with Crippen LogP contribution in [0.1, 0.15) is 11.1 Å². The molecule has 0 atom stereocenters. The van der Waals surface area contributed by atoms with E-state index in [9.17, 15) is 4.39 Å². The molecule has 146 valence electrons. The van der Waals surface area contributed by atoms with Gasteiger partial charge in [0, 0.05) is 11.6 Å². The summed E-state index contributed by atoms with van der Waals surface area (Å²) in [5, 5.41) is 4.73. The molecule has 0 heterocycles. The van der Waals surface area contributed by atoms with Gasteiger partial charge in [-0.2, -0.15) is 0 Å². The standard InChI is InChI=1S/C21H17Cl3FNO2/c1-27-20-9-14(11-26-19-6-5-15(22)10-17(19)23)8-18(24)21(20)28-12-13-3-2-4-16(25)7-13/h2-10,26H,11-12H2,1H3. The van der Waals surface area contributed by atoms with Crippen molar-refractivity contribution in [1.82, 2.24) is 0 Å². The van der Waals surface area contributed by atoms with Crippen LogP contribution < -0.4 is 14.8 Å². The van der Waals surface area contributed by atoms with Crippen molar-refractivity contribution in [3.63, 3.8) is 0 Å². The van der Waals surface area contributed by atoms with Crippen LogP contribution in [0.25, 0.3) is 0 Å². The number of anilines is 1. The number of halogens is 4. The van der Waals surface area contributed by atoms with E-state index in [0.717, 1.165) is 11.3 Å². The Hall–Kier alpha value is -2.14. The molecule has 0 aliphatic rings. The maximum absolute atomic E-state index is 13.3. The van der Waals surface area contributed by atoms with Crippen molar-refractivity contribution in [3.8, 4) is 11.5 Å². The van der Waals surface area contributed by atoms with Crippen LogP contribution in [0.5, 0.6) is 11.5 Å². The highest BCUT2D eigenvalue weighted by atomic mass is 35.5. The zero-order valence-corrected chi connectivity index (χ0v) is 17.2. The van der Waals surface area contributed by atoms with Gasteiger partial charge in [0.15, 0.2) is 11.5 Å². The Kier molecular flexibility index (Phi) is 6.89. The minimum absolute atomic E-state index is 0.172. The van der Waals surface area contributed by atoms with Crippen LogP contribution in [-0.2, 0) is 13.2 Å². The van der Waals surface area contributed by atoms with Gasteiger partial charge in [-0.05, 0) is 53.6 Å². The number of rotatable bonds is 7.